The third-order valence-corrected chi connectivity index (χ3v) is 8.74. The summed E-state index contributed by atoms with van der Waals surface area (Å²) in [6.07, 6.45) is 1.40. The van der Waals surface area contributed by atoms with E-state index in [4.69, 9.17) is 14.2 Å². The Hall–Kier alpha value is -3.22. The van der Waals surface area contributed by atoms with E-state index in [-0.39, 0.29) is 42.9 Å². The van der Waals surface area contributed by atoms with Gasteiger partial charge < -0.3 is 24.6 Å². The molecule has 0 saturated carbocycles. The summed E-state index contributed by atoms with van der Waals surface area (Å²) in [4.78, 5) is 13.1. The fourth-order valence-corrected chi connectivity index (χ4v) is 5.90. The monoisotopic (exact) mass is 630 g/mol. The third-order valence-electron chi connectivity index (χ3n) is 6.30. The molecule has 0 spiro atoms. The van der Waals surface area contributed by atoms with Crippen LogP contribution in [0.5, 0.6) is 5.75 Å². The number of carbonyl (C=O) groups is 1. The summed E-state index contributed by atoms with van der Waals surface area (Å²) in [6.45, 7) is -0.490. The molecule has 1 amide bonds. The van der Waals surface area contributed by atoms with Crippen LogP contribution in [0, 0.1) is 0 Å². The van der Waals surface area contributed by atoms with Crippen LogP contribution in [0.2, 0.25) is 0 Å². The minimum atomic E-state index is -3.89. The lowest BCUT2D eigenvalue weighted by Crippen LogP contribution is -2.37. The lowest BCUT2D eigenvalue weighted by atomic mass is 9.93. The minimum absolute atomic E-state index is 0.0132. The highest BCUT2D eigenvalue weighted by Crippen LogP contribution is 2.32. The van der Waals surface area contributed by atoms with Crippen molar-refractivity contribution < 1.29 is 32.5 Å². The van der Waals surface area contributed by atoms with E-state index in [9.17, 15) is 18.3 Å². The average molecular weight is 632 g/mol. The van der Waals surface area contributed by atoms with Crippen molar-refractivity contribution in [3.8, 4) is 5.75 Å². The van der Waals surface area contributed by atoms with Crippen LogP contribution in [-0.4, -0.2) is 63.4 Å². The molecule has 9 nitrogen and oxygen atoms in total. The number of ether oxygens (including phenoxy) is 3. The molecule has 0 unspecified atom stereocenters. The van der Waals surface area contributed by atoms with Gasteiger partial charge in [-0.05, 0) is 60.2 Å². The van der Waals surface area contributed by atoms with Gasteiger partial charge in [0, 0.05) is 35.6 Å². The van der Waals surface area contributed by atoms with Crippen LogP contribution in [0.3, 0.4) is 0 Å². The summed E-state index contributed by atoms with van der Waals surface area (Å²) in [6, 6.07) is 22.9. The Morgan fingerprint density at radius 1 is 1.05 bits per heavy atom. The van der Waals surface area contributed by atoms with E-state index in [0.717, 1.165) is 14.3 Å². The Balaban J connectivity index is 1.46. The van der Waals surface area contributed by atoms with E-state index in [1.54, 1.807) is 30.3 Å². The molecule has 1 aliphatic rings. The molecule has 2 N–H and O–H groups in total. The number of nitrogens with one attached hydrogen (secondary N) is 1. The first-order chi connectivity index (χ1) is 19.3. The number of benzene rings is 3. The number of aliphatic hydroxyl groups is 1. The Bertz CT molecular complexity index is 1400. The van der Waals surface area contributed by atoms with Crippen molar-refractivity contribution in [3.63, 3.8) is 0 Å². The summed E-state index contributed by atoms with van der Waals surface area (Å²) in [5.74, 6) is 0.0718. The quantitative estimate of drug-likeness (QED) is 0.303. The number of methoxy groups -OCH3 is 1. The van der Waals surface area contributed by atoms with Crippen LogP contribution < -0.4 is 10.1 Å². The number of halogens is 1. The second kappa shape index (κ2) is 13.9. The zero-order valence-corrected chi connectivity index (χ0v) is 24.3. The second-order valence-corrected chi connectivity index (χ2v) is 11.8. The number of sulfonamides is 1. The molecule has 212 valence electrons. The summed E-state index contributed by atoms with van der Waals surface area (Å²) in [5, 5.41) is 12.4. The van der Waals surface area contributed by atoms with Gasteiger partial charge in [-0.3, -0.25) is 4.79 Å². The summed E-state index contributed by atoms with van der Waals surface area (Å²) >= 11 is 3.45. The van der Waals surface area contributed by atoms with Gasteiger partial charge in [0.15, 0.2) is 5.76 Å². The third kappa shape index (κ3) is 7.70. The van der Waals surface area contributed by atoms with Gasteiger partial charge in [-0.15, -0.1) is 0 Å². The molecule has 0 radical (unpaired) electrons. The van der Waals surface area contributed by atoms with Gasteiger partial charge in [-0.2, -0.15) is 4.31 Å². The van der Waals surface area contributed by atoms with Crippen LogP contribution in [-0.2, 0) is 24.3 Å². The van der Waals surface area contributed by atoms with Gasteiger partial charge in [0.2, 0.25) is 16.3 Å². The number of amides is 1. The molecule has 11 heteroatoms. The molecule has 40 heavy (non-hydrogen) atoms. The summed E-state index contributed by atoms with van der Waals surface area (Å²) in [5.41, 5.74) is 1.61. The van der Waals surface area contributed by atoms with E-state index < -0.39 is 22.2 Å². The van der Waals surface area contributed by atoms with Crippen molar-refractivity contribution in [1.29, 1.82) is 0 Å². The van der Waals surface area contributed by atoms with E-state index in [1.165, 1.54) is 19.2 Å². The molecule has 0 fully saturated rings. The van der Waals surface area contributed by atoms with Gasteiger partial charge in [0.05, 0.1) is 25.2 Å². The SMILES string of the molecule is COc1ccc(S(=O)(=O)N(CCO)CCO[C@@H]2C[C@H](c3ccc(Br)cc3)C=C(C(=O)Nc3ccccc3)O2)cc1. The number of hydrogen-bond acceptors (Lipinski definition) is 7. The summed E-state index contributed by atoms with van der Waals surface area (Å²) in [7, 11) is -2.39. The molecule has 3 aromatic carbocycles. The largest absolute Gasteiger partial charge is 0.497 e. The molecule has 0 saturated heterocycles. The molecule has 0 aromatic heterocycles. The maximum atomic E-state index is 13.2. The Morgan fingerprint density at radius 2 is 1.75 bits per heavy atom. The first-order valence-corrected chi connectivity index (χ1v) is 14.9. The topological polar surface area (TPSA) is 114 Å². The number of para-hydroxylation sites is 1. The minimum Gasteiger partial charge on any atom is -0.497 e. The van der Waals surface area contributed by atoms with Crippen LogP contribution in [0.4, 0.5) is 5.69 Å². The molecule has 4 rings (SSSR count). The number of nitrogens with zero attached hydrogens (tertiary/aromatic N) is 1. The van der Waals surface area contributed by atoms with Crippen LogP contribution in [0.15, 0.2) is 100 Å². The van der Waals surface area contributed by atoms with Gasteiger partial charge in [-0.25, -0.2) is 8.42 Å². The Kier molecular flexibility index (Phi) is 10.3. The molecule has 2 atom stereocenters. The molecular weight excluding hydrogens is 600 g/mol. The van der Waals surface area contributed by atoms with Crippen molar-refractivity contribution in [2.45, 2.75) is 23.5 Å². The van der Waals surface area contributed by atoms with Crippen LogP contribution in [0.25, 0.3) is 0 Å². The number of hydrogen-bond donors (Lipinski definition) is 2. The predicted octanol–water partition coefficient (Wildman–Crippen LogP) is 4.51. The van der Waals surface area contributed by atoms with E-state index in [0.29, 0.717) is 17.9 Å². The van der Waals surface area contributed by atoms with E-state index in [2.05, 4.69) is 21.2 Å². The number of aliphatic hydroxyl groups excluding tert-OH is 1. The van der Waals surface area contributed by atoms with Crippen molar-refractivity contribution >= 4 is 37.5 Å². The Morgan fingerprint density at radius 3 is 2.40 bits per heavy atom. The van der Waals surface area contributed by atoms with Gasteiger partial charge >= 0.3 is 0 Å². The second-order valence-electron chi connectivity index (χ2n) is 8.97. The number of carbonyl (C=O) groups excluding carboxylic acids is 1. The maximum Gasteiger partial charge on any atom is 0.290 e. The zero-order chi connectivity index (χ0) is 28.5. The first kappa shape index (κ1) is 29.8. The lowest BCUT2D eigenvalue weighted by Gasteiger charge is -2.30. The molecule has 1 aliphatic heterocycles. The molecule has 0 aliphatic carbocycles. The van der Waals surface area contributed by atoms with Gasteiger partial charge in [-0.1, -0.05) is 46.3 Å². The first-order valence-electron chi connectivity index (χ1n) is 12.7. The Labute approximate surface area is 242 Å². The van der Waals surface area contributed by atoms with Gasteiger partial charge in [0.1, 0.15) is 5.75 Å². The van der Waals surface area contributed by atoms with Crippen LogP contribution in [0.1, 0.15) is 17.9 Å². The molecule has 1 heterocycles. The average Bonchev–Trinajstić information content (AvgIpc) is 2.97. The van der Waals surface area contributed by atoms with Crippen molar-refractivity contribution in [1.82, 2.24) is 4.31 Å². The lowest BCUT2D eigenvalue weighted by molar-refractivity contribution is -0.143. The normalized spacial score (nSPS) is 17.1. The van der Waals surface area contributed by atoms with E-state index >= 15 is 0 Å². The fourth-order valence-electron chi connectivity index (χ4n) is 4.22. The van der Waals surface area contributed by atoms with Gasteiger partial charge in [0.25, 0.3) is 5.91 Å². The van der Waals surface area contributed by atoms with Crippen molar-refractivity contribution in [2.75, 3.05) is 38.7 Å². The van der Waals surface area contributed by atoms with E-state index in [1.807, 2.05) is 42.5 Å². The predicted molar refractivity (Wildman–Crippen MR) is 154 cm³/mol. The maximum absolute atomic E-state index is 13.2. The number of rotatable bonds is 12. The molecular formula is C29H31BrN2O7S. The fraction of sp³-hybridized carbons (Fsp3) is 0.276. The molecule has 0 bridgehead atoms. The molecule has 3 aromatic rings. The highest BCUT2D eigenvalue weighted by molar-refractivity contribution is 9.10. The zero-order valence-electron chi connectivity index (χ0n) is 21.9. The smallest absolute Gasteiger partial charge is 0.290 e. The van der Waals surface area contributed by atoms with Crippen molar-refractivity contribution in [3.05, 3.63) is 101 Å². The highest BCUT2D eigenvalue weighted by Gasteiger charge is 2.30. The number of allylic oxidation sites excluding steroid dienone is 1. The standard InChI is InChI=1S/C29H31BrN2O7S/c1-37-25-11-13-26(14-12-25)40(35,36)32(15-17-33)16-18-38-28-20-22(21-7-9-23(30)10-8-21)19-27(39-28)29(34)31-24-5-3-2-4-6-24/h2-14,19,22,28,33H,15-18,20H2,1H3,(H,31,34)/t22-,28+/m1/s1. The highest BCUT2D eigenvalue weighted by atomic mass is 79.9. The van der Waals surface area contributed by atoms with Crippen molar-refractivity contribution in [2.24, 2.45) is 0 Å². The number of anilines is 1. The summed E-state index contributed by atoms with van der Waals surface area (Å²) < 4.78 is 45.5. The van der Waals surface area contributed by atoms with Crippen LogP contribution >= 0.6 is 15.9 Å².